The van der Waals surface area contributed by atoms with Crippen molar-refractivity contribution >= 4 is 11.3 Å². The van der Waals surface area contributed by atoms with Crippen molar-refractivity contribution in [2.75, 3.05) is 13.2 Å². The van der Waals surface area contributed by atoms with E-state index >= 15 is 0 Å². The van der Waals surface area contributed by atoms with Gasteiger partial charge in [0.1, 0.15) is 5.01 Å². The number of aliphatic hydroxyl groups is 1. The van der Waals surface area contributed by atoms with Gasteiger partial charge in [-0.3, -0.25) is 0 Å². The molecule has 20 heavy (non-hydrogen) atoms. The lowest BCUT2D eigenvalue weighted by Crippen LogP contribution is -2.24. The molecule has 1 aromatic carbocycles. The predicted molar refractivity (Wildman–Crippen MR) is 84.8 cm³/mol. The molecule has 0 aliphatic carbocycles. The van der Waals surface area contributed by atoms with E-state index in [1.807, 2.05) is 18.2 Å². The summed E-state index contributed by atoms with van der Waals surface area (Å²) in [6, 6.07) is 10.5. The molecule has 2 rings (SSSR count). The summed E-state index contributed by atoms with van der Waals surface area (Å²) in [6.07, 6.45) is 0.840. The van der Waals surface area contributed by atoms with Crippen molar-refractivity contribution < 1.29 is 5.11 Å². The average molecular weight is 290 g/mol. The van der Waals surface area contributed by atoms with Gasteiger partial charge in [0.25, 0.3) is 0 Å². The minimum absolute atomic E-state index is 0.249. The Morgan fingerprint density at radius 2 is 2.00 bits per heavy atom. The molecule has 0 saturated carbocycles. The third-order valence-corrected chi connectivity index (χ3v) is 4.38. The lowest BCUT2D eigenvalue weighted by atomic mass is 10.1. The van der Waals surface area contributed by atoms with Crippen LogP contribution >= 0.6 is 11.3 Å². The van der Waals surface area contributed by atoms with Crippen LogP contribution in [-0.2, 0) is 0 Å². The number of hydrogen-bond acceptors (Lipinski definition) is 4. The van der Waals surface area contributed by atoms with Crippen LogP contribution in [0.25, 0.3) is 11.3 Å². The molecule has 3 nitrogen and oxygen atoms in total. The van der Waals surface area contributed by atoms with Gasteiger partial charge in [0.15, 0.2) is 0 Å². The number of nitrogens with zero attached hydrogens (tertiary/aromatic N) is 1. The molecule has 2 N–H and O–H groups in total. The molecule has 2 aromatic rings. The second-order valence-electron chi connectivity index (χ2n) is 5.18. The van der Waals surface area contributed by atoms with Gasteiger partial charge < -0.3 is 10.4 Å². The molecule has 1 heterocycles. The molecule has 1 aromatic heterocycles. The predicted octanol–water partition coefficient (Wildman–Crippen LogP) is 3.48. The fourth-order valence-electron chi connectivity index (χ4n) is 2.02. The molecule has 0 saturated heterocycles. The van der Waals surface area contributed by atoms with Crippen molar-refractivity contribution in [3.05, 3.63) is 40.7 Å². The molecule has 108 valence electrons. The first-order chi connectivity index (χ1) is 9.70. The molecule has 0 radical (unpaired) electrons. The maximum atomic E-state index is 8.91. The summed E-state index contributed by atoms with van der Waals surface area (Å²) in [7, 11) is 0. The Labute approximate surface area is 124 Å². The van der Waals surface area contributed by atoms with Crippen LogP contribution in [0.4, 0.5) is 0 Å². The van der Waals surface area contributed by atoms with Gasteiger partial charge in [-0.25, -0.2) is 4.98 Å². The average Bonchev–Trinajstić information content (AvgIpc) is 2.96. The third kappa shape index (κ3) is 4.13. The van der Waals surface area contributed by atoms with Crippen LogP contribution in [0.5, 0.6) is 0 Å². The highest BCUT2D eigenvalue weighted by Gasteiger charge is 2.12. The first-order valence-corrected chi connectivity index (χ1v) is 7.93. The number of benzene rings is 1. The van der Waals surface area contributed by atoms with Crippen molar-refractivity contribution in [3.63, 3.8) is 0 Å². The summed E-state index contributed by atoms with van der Waals surface area (Å²) < 4.78 is 0. The summed E-state index contributed by atoms with van der Waals surface area (Å²) in [5.74, 6) is 0.482. The van der Waals surface area contributed by atoms with Crippen molar-refractivity contribution in [1.82, 2.24) is 10.3 Å². The van der Waals surface area contributed by atoms with Crippen molar-refractivity contribution in [2.45, 2.75) is 26.3 Å². The number of aliphatic hydroxyl groups excluding tert-OH is 1. The molecule has 0 spiro atoms. The SMILES string of the molecule is CC(CCO)CNC(C)c1nc(-c2ccccc2)cs1. The van der Waals surface area contributed by atoms with Gasteiger partial charge in [-0.15, -0.1) is 11.3 Å². The van der Waals surface area contributed by atoms with E-state index in [-0.39, 0.29) is 12.6 Å². The van der Waals surface area contributed by atoms with Crippen molar-refractivity contribution in [2.24, 2.45) is 5.92 Å². The Hall–Kier alpha value is -1.23. The summed E-state index contributed by atoms with van der Waals surface area (Å²) >= 11 is 1.69. The Kier molecular flexibility index (Phi) is 5.71. The van der Waals surface area contributed by atoms with Crippen LogP contribution in [-0.4, -0.2) is 23.2 Å². The van der Waals surface area contributed by atoms with E-state index in [0.29, 0.717) is 5.92 Å². The molecule has 0 aliphatic rings. The van der Waals surface area contributed by atoms with Crippen LogP contribution in [0.1, 0.15) is 31.3 Å². The van der Waals surface area contributed by atoms with Crippen LogP contribution in [0.15, 0.2) is 35.7 Å². The molecule has 0 bridgehead atoms. The topological polar surface area (TPSA) is 45.1 Å². The maximum Gasteiger partial charge on any atom is 0.110 e. The highest BCUT2D eigenvalue weighted by atomic mass is 32.1. The highest BCUT2D eigenvalue weighted by Crippen LogP contribution is 2.25. The Balaban J connectivity index is 1.95. The lowest BCUT2D eigenvalue weighted by molar-refractivity contribution is 0.258. The third-order valence-electron chi connectivity index (χ3n) is 3.36. The van der Waals surface area contributed by atoms with E-state index in [0.717, 1.165) is 29.2 Å². The molecular weight excluding hydrogens is 268 g/mol. The van der Waals surface area contributed by atoms with Gasteiger partial charge in [-0.2, -0.15) is 0 Å². The summed E-state index contributed by atoms with van der Waals surface area (Å²) in [6.45, 7) is 5.45. The van der Waals surface area contributed by atoms with Gasteiger partial charge >= 0.3 is 0 Å². The van der Waals surface area contributed by atoms with Gasteiger partial charge in [-0.05, 0) is 25.8 Å². The van der Waals surface area contributed by atoms with Crippen LogP contribution < -0.4 is 5.32 Å². The highest BCUT2D eigenvalue weighted by molar-refractivity contribution is 7.10. The van der Waals surface area contributed by atoms with E-state index in [4.69, 9.17) is 10.1 Å². The molecular formula is C16H22N2OS. The standard InChI is InChI=1S/C16H22N2OS/c1-12(8-9-19)10-17-13(2)16-18-15(11-20-16)14-6-4-3-5-7-14/h3-7,11-13,17,19H,8-10H2,1-2H3. The number of rotatable bonds is 7. The number of aromatic nitrogens is 1. The zero-order valence-corrected chi connectivity index (χ0v) is 12.9. The fraction of sp³-hybridized carbons (Fsp3) is 0.438. The van der Waals surface area contributed by atoms with E-state index in [1.54, 1.807) is 11.3 Å². The van der Waals surface area contributed by atoms with Crippen LogP contribution in [0.2, 0.25) is 0 Å². The minimum Gasteiger partial charge on any atom is -0.396 e. The first-order valence-electron chi connectivity index (χ1n) is 7.05. The largest absolute Gasteiger partial charge is 0.396 e. The van der Waals surface area contributed by atoms with Gasteiger partial charge in [0.05, 0.1) is 11.7 Å². The molecule has 0 aliphatic heterocycles. The van der Waals surface area contributed by atoms with E-state index in [1.165, 1.54) is 0 Å². The number of hydrogen-bond donors (Lipinski definition) is 2. The van der Waals surface area contributed by atoms with Crippen molar-refractivity contribution in [3.8, 4) is 11.3 Å². The molecule has 4 heteroatoms. The second-order valence-corrected chi connectivity index (χ2v) is 6.07. The molecule has 2 atom stereocenters. The van der Waals surface area contributed by atoms with E-state index in [2.05, 4.69) is 36.7 Å². The quantitative estimate of drug-likeness (QED) is 0.820. The second kappa shape index (κ2) is 7.53. The van der Waals surface area contributed by atoms with Crippen LogP contribution in [0, 0.1) is 5.92 Å². The Morgan fingerprint density at radius 1 is 1.25 bits per heavy atom. The summed E-state index contributed by atoms with van der Waals surface area (Å²) in [4.78, 5) is 4.71. The zero-order chi connectivity index (χ0) is 14.4. The molecule has 0 fully saturated rings. The maximum absolute atomic E-state index is 8.91. The van der Waals surface area contributed by atoms with E-state index < -0.39 is 0 Å². The zero-order valence-electron chi connectivity index (χ0n) is 12.0. The number of nitrogens with one attached hydrogen (secondary N) is 1. The summed E-state index contributed by atoms with van der Waals surface area (Å²) in [5, 5.41) is 15.6. The van der Waals surface area contributed by atoms with Gasteiger partial charge in [0.2, 0.25) is 0 Å². The molecule has 0 amide bonds. The summed E-state index contributed by atoms with van der Waals surface area (Å²) in [5.41, 5.74) is 2.21. The van der Waals surface area contributed by atoms with Crippen molar-refractivity contribution in [1.29, 1.82) is 0 Å². The van der Waals surface area contributed by atoms with Gasteiger partial charge in [0, 0.05) is 17.6 Å². The Bertz CT molecular complexity index is 512. The van der Waals surface area contributed by atoms with E-state index in [9.17, 15) is 0 Å². The first kappa shape index (κ1) is 15.2. The van der Waals surface area contributed by atoms with Crippen LogP contribution in [0.3, 0.4) is 0 Å². The fourth-order valence-corrected chi connectivity index (χ4v) is 2.88. The molecule has 2 unspecified atom stereocenters. The normalized spacial score (nSPS) is 14.2. The Morgan fingerprint density at radius 3 is 2.70 bits per heavy atom. The lowest BCUT2D eigenvalue weighted by Gasteiger charge is -2.15. The monoisotopic (exact) mass is 290 g/mol. The minimum atomic E-state index is 0.249. The van der Waals surface area contributed by atoms with Gasteiger partial charge in [-0.1, -0.05) is 37.3 Å². The smallest absolute Gasteiger partial charge is 0.110 e. The number of thiazole rings is 1.